The summed E-state index contributed by atoms with van der Waals surface area (Å²) < 4.78 is 0. The van der Waals surface area contributed by atoms with Crippen LogP contribution in [0.4, 0.5) is 0 Å². The predicted molar refractivity (Wildman–Crippen MR) is 81.2 cm³/mol. The number of amides is 1. The first kappa shape index (κ1) is 14.0. The van der Waals surface area contributed by atoms with Crippen LogP contribution < -0.4 is 5.32 Å². The van der Waals surface area contributed by atoms with Crippen molar-refractivity contribution < 1.29 is 4.79 Å². The highest BCUT2D eigenvalue weighted by Crippen LogP contribution is 2.19. The lowest BCUT2D eigenvalue weighted by Gasteiger charge is -2.07. The first-order chi connectivity index (χ1) is 9.16. The van der Waals surface area contributed by atoms with Crippen molar-refractivity contribution in [3.05, 3.63) is 64.7 Å². The maximum atomic E-state index is 12.0. The van der Waals surface area contributed by atoms with Gasteiger partial charge in [-0.3, -0.25) is 4.79 Å². The van der Waals surface area contributed by atoms with Crippen LogP contribution in [-0.4, -0.2) is 12.5 Å². The monoisotopic (exact) mass is 291 g/mol. The molecule has 98 valence electrons. The Balaban J connectivity index is 1.93. The molecule has 4 heteroatoms. The molecule has 0 unspecified atom stereocenters. The van der Waals surface area contributed by atoms with Crippen molar-refractivity contribution in [1.29, 1.82) is 0 Å². The average molecular weight is 292 g/mol. The standard InChI is InChI=1S/C15H14ClNOS/c16-14-7-6-12(19)10-13(14)15(18)17-9-8-11-4-2-1-3-5-11/h1-7,10,19H,8-9H2,(H,17,18). The van der Waals surface area contributed by atoms with Crippen molar-refractivity contribution in [2.75, 3.05) is 6.54 Å². The fraction of sp³-hybridized carbons (Fsp3) is 0.133. The number of nitrogens with one attached hydrogen (secondary N) is 1. The first-order valence-electron chi connectivity index (χ1n) is 5.97. The number of rotatable bonds is 4. The van der Waals surface area contributed by atoms with E-state index < -0.39 is 0 Å². The third kappa shape index (κ3) is 4.01. The van der Waals surface area contributed by atoms with E-state index in [1.165, 1.54) is 5.56 Å². The number of halogens is 1. The van der Waals surface area contributed by atoms with Crippen molar-refractivity contribution in [1.82, 2.24) is 5.32 Å². The molecule has 0 bridgehead atoms. The van der Waals surface area contributed by atoms with E-state index in [4.69, 9.17) is 11.6 Å². The predicted octanol–water partition coefficient (Wildman–Crippen LogP) is 3.60. The van der Waals surface area contributed by atoms with Gasteiger partial charge in [-0.2, -0.15) is 0 Å². The second kappa shape index (κ2) is 6.64. The van der Waals surface area contributed by atoms with Crippen molar-refractivity contribution in [2.45, 2.75) is 11.3 Å². The topological polar surface area (TPSA) is 29.1 Å². The van der Waals surface area contributed by atoms with Crippen LogP contribution >= 0.6 is 24.2 Å². The van der Waals surface area contributed by atoms with Crippen molar-refractivity contribution in [2.24, 2.45) is 0 Å². The number of hydrogen-bond acceptors (Lipinski definition) is 2. The van der Waals surface area contributed by atoms with E-state index in [1.54, 1.807) is 18.2 Å². The summed E-state index contributed by atoms with van der Waals surface area (Å²) >= 11 is 10.2. The molecule has 0 aliphatic heterocycles. The molecule has 0 atom stereocenters. The molecule has 1 N–H and O–H groups in total. The van der Waals surface area contributed by atoms with E-state index in [0.717, 1.165) is 11.3 Å². The summed E-state index contributed by atoms with van der Waals surface area (Å²) in [5.74, 6) is -0.170. The van der Waals surface area contributed by atoms with Gasteiger partial charge in [0.2, 0.25) is 0 Å². The SMILES string of the molecule is O=C(NCCc1ccccc1)c1cc(S)ccc1Cl. The van der Waals surface area contributed by atoms with E-state index in [-0.39, 0.29) is 5.91 Å². The van der Waals surface area contributed by atoms with Gasteiger partial charge in [0.05, 0.1) is 10.6 Å². The zero-order valence-electron chi connectivity index (χ0n) is 10.3. The normalized spacial score (nSPS) is 10.2. The van der Waals surface area contributed by atoms with Crippen LogP contribution in [0.3, 0.4) is 0 Å². The fourth-order valence-corrected chi connectivity index (χ4v) is 2.15. The van der Waals surface area contributed by atoms with Crippen molar-refractivity contribution in [3.8, 4) is 0 Å². The van der Waals surface area contributed by atoms with Crippen LogP contribution in [-0.2, 0) is 6.42 Å². The summed E-state index contributed by atoms with van der Waals surface area (Å²) in [6.07, 6.45) is 0.796. The Bertz CT molecular complexity index is 572. The summed E-state index contributed by atoms with van der Waals surface area (Å²) in [5.41, 5.74) is 1.65. The van der Waals surface area contributed by atoms with Crippen LogP contribution in [0.1, 0.15) is 15.9 Å². The van der Waals surface area contributed by atoms with Gasteiger partial charge in [0, 0.05) is 11.4 Å². The van der Waals surface area contributed by atoms with Crippen LogP contribution in [0.5, 0.6) is 0 Å². The molecule has 0 spiro atoms. The molecule has 0 aromatic heterocycles. The van der Waals surface area contributed by atoms with Crippen LogP contribution in [0.2, 0.25) is 5.02 Å². The Morgan fingerprint density at radius 1 is 1.16 bits per heavy atom. The highest BCUT2D eigenvalue weighted by atomic mass is 35.5. The minimum atomic E-state index is -0.170. The molecule has 0 aliphatic carbocycles. The average Bonchev–Trinajstić information content (AvgIpc) is 2.42. The zero-order chi connectivity index (χ0) is 13.7. The second-order valence-corrected chi connectivity index (χ2v) is 5.08. The highest BCUT2D eigenvalue weighted by Gasteiger charge is 2.09. The van der Waals surface area contributed by atoms with Gasteiger partial charge in [0.25, 0.3) is 5.91 Å². The molecule has 1 amide bonds. The third-order valence-corrected chi connectivity index (χ3v) is 3.34. The molecule has 0 saturated carbocycles. The van der Waals surface area contributed by atoms with Gasteiger partial charge in [0.15, 0.2) is 0 Å². The summed E-state index contributed by atoms with van der Waals surface area (Å²) in [5, 5.41) is 3.30. The van der Waals surface area contributed by atoms with Gasteiger partial charge in [-0.25, -0.2) is 0 Å². The number of carbonyl (C=O) groups is 1. The van der Waals surface area contributed by atoms with Gasteiger partial charge in [-0.15, -0.1) is 12.6 Å². The first-order valence-corrected chi connectivity index (χ1v) is 6.80. The Kier molecular flexibility index (Phi) is 4.88. The molecule has 0 radical (unpaired) electrons. The van der Waals surface area contributed by atoms with E-state index in [9.17, 15) is 4.79 Å². The van der Waals surface area contributed by atoms with Gasteiger partial charge in [-0.1, -0.05) is 41.9 Å². The second-order valence-electron chi connectivity index (χ2n) is 4.16. The van der Waals surface area contributed by atoms with Crippen molar-refractivity contribution in [3.63, 3.8) is 0 Å². The highest BCUT2D eigenvalue weighted by molar-refractivity contribution is 7.80. The van der Waals surface area contributed by atoms with Gasteiger partial charge in [-0.05, 0) is 30.2 Å². The molecule has 2 nitrogen and oxygen atoms in total. The Morgan fingerprint density at radius 2 is 1.89 bits per heavy atom. The van der Waals surface area contributed by atoms with Gasteiger partial charge < -0.3 is 5.32 Å². The fourth-order valence-electron chi connectivity index (χ4n) is 1.75. The molecule has 0 aliphatic rings. The lowest BCUT2D eigenvalue weighted by molar-refractivity contribution is 0.0954. The number of hydrogen-bond donors (Lipinski definition) is 2. The largest absolute Gasteiger partial charge is 0.352 e. The Hall–Kier alpha value is -1.45. The van der Waals surface area contributed by atoms with E-state index in [2.05, 4.69) is 17.9 Å². The Morgan fingerprint density at radius 3 is 2.63 bits per heavy atom. The molecule has 19 heavy (non-hydrogen) atoms. The number of benzene rings is 2. The van der Waals surface area contributed by atoms with Crippen molar-refractivity contribution >= 4 is 30.1 Å². The van der Waals surface area contributed by atoms with E-state index in [0.29, 0.717) is 17.1 Å². The third-order valence-electron chi connectivity index (χ3n) is 2.74. The summed E-state index contributed by atoms with van der Waals surface area (Å²) in [6.45, 7) is 0.579. The zero-order valence-corrected chi connectivity index (χ0v) is 11.9. The molecule has 0 saturated heterocycles. The maximum absolute atomic E-state index is 12.0. The smallest absolute Gasteiger partial charge is 0.252 e. The molecule has 0 fully saturated rings. The molecule has 0 heterocycles. The lowest BCUT2D eigenvalue weighted by Crippen LogP contribution is -2.26. The Labute approximate surface area is 123 Å². The number of carbonyl (C=O) groups excluding carboxylic acids is 1. The lowest BCUT2D eigenvalue weighted by atomic mass is 10.1. The minimum absolute atomic E-state index is 0.170. The summed E-state index contributed by atoms with van der Waals surface area (Å²) in [6, 6.07) is 15.1. The van der Waals surface area contributed by atoms with Crippen LogP contribution in [0, 0.1) is 0 Å². The van der Waals surface area contributed by atoms with Crippen LogP contribution in [0.15, 0.2) is 53.4 Å². The van der Waals surface area contributed by atoms with Gasteiger partial charge in [0.1, 0.15) is 0 Å². The molecular weight excluding hydrogens is 278 g/mol. The summed E-state index contributed by atoms with van der Waals surface area (Å²) in [7, 11) is 0. The van der Waals surface area contributed by atoms with E-state index in [1.807, 2.05) is 30.3 Å². The van der Waals surface area contributed by atoms with Gasteiger partial charge >= 0.3 is 0 Å². The molecule has 2 aromatic rings. The number of thiol groups is 1. The quantitative estimate of drug-likeness (QED) is 0.828. The molecule has 2 aromatic carbocycles. The minimum Gasteiger partial charge on any atom is -0.352 e. The summed E-state index contributed by atoms with van der Waals surface area (Å²) in [4.78, 5) is 12.7. The van der Waals surface area contributed by atoms with Crippen LogP contribution in [0.25, 0.3) is 0 Å². The molecular formula is C15H14ClNOS. The van der Waals surface area contributed by atoms with E-state index >= 15 is 0 Å². The maximum Gasteiger partial charge on any atom is 0.252 e. The molecule has 2 rings (SSSR count).